The SMILES string of the molecule is COc1ccccc1[S@](=O)CC[S@@](=O)c1ccccc1OC. The van der Waals surface area contributed by atoms with Crippen molar-refractivity contribution in [3.8, 4) is 11.5 Å². The van der Waals surface area contributed by atoms with Gasteiger partial charge in [-0.15, -0.1) is 0 Å². The van der Waals surface area contributed by atoms with Gasteiger partial charge in [-0.2, -0.15) is 0 Å². The molecule has 2 aromatic carbocycles. The maximum absolute atomic E-state index is 12.4. The van der Waals surface area contributed by atoms with Gasteiger partial charge >= 0.3 is 0 Å². The minimum Gasteiger partial charge on any atom is -0.495 e. The smallest absolute Gasteiger partial charge is 0.134 e. The maximum atomic E-state index is 12.4. The molecule has 2 aromatic rings. The van der Waals surface area contributed by atoms with Gasteiger partial charge < -0.3 is 9.47 Å². The van der Waals surface area contributed by atoms with Gasteiger partial charge in [-0.25, -0.2) is 0 Å². The Kier molecular flexibility index (Phi) is 6.15. The van der Waals surface area contributed by atoms with Crippen LogP contribution in [-0.4, -0.2) is 34.1 Å². The second-order valence-corrected chi connectivity index (χ2v) is 7.48. The van der Waals surface area contributed by atoms with Gasteiger partial charge in [-0.3, -0.25) is 8.42 Å². The van der Waals surface area contributed by atoms with Crippen LogP contribution in [0.5, 0.6) is 11.5 Å². The van der Waals surface area contributed by atoms with Gasteiger partial charge in [0, 0.05) is 11.5 Å². The van der Waals surface area contributed by atoms with Crippen LogP contribution in [0, 0.1) is 0 Å². The van der Waals surface area contributed by atoms with Crippen LogP contribution in [0.4, 0.5) is 0 Å². The summed E-state index contributed by atoms with van der Waals surface area (Å²) in [6, 6.07) is 14.3. The van der Waals surface area contributed by atoms with Gasteiger partial charge in [0.1, 0.15) is 11.5 Å². The van der Waals surface area contributed by atoms with Crippen LogP contribution in [0.25, 0.3) is 0 Å². The summed E-state index contributed by atoms with van der Waals surface area (Å²) in [4.78, 5) is 1.25. The second kappa shape index (κ2) is 8.10. The van der Waals surface area contributed by atoms with Crippen LogP contribution >= 0.6 is 0 Å². The van der Waals surface area contributed by atoms with Crippen LogP contribution in [-0.2, 0) is 21.6 Å². The summed E-state index contributed by atoms with van der Waals surface area (Å²) >= 11 is 0. The standard InChI is InChI=1S/C16H18O4S2/c1-19-13-7-3-5-9-15(13)21(17)11-12-22(18)16-10-6-4-8-14(16)20-2/h3-10H,11-12H2,1-2H3/t21-,22-/m1/s1. The summed E-state index contributed by atoms with van der Waals surface area (Å²) in [5.74, 6) is 1.77. The molecule has 0 aliphatic rings. The highest BCUT2D eigenvalue weighted by Gasteiger charge is 2.14. The van der Waals surface area contributed by atoms with E-state index in [1.54, 1.807) is 38.5 Å². The van der Waals surface area contributed by atoms with Gasteiger partial charge in [-0.1, -0.05) is 24.3 Å². The molecule has 22 heavy (non-hydrogen) atoms. The van der Waals surface area contributed by atoms with Crippen molar-refractivity contribution in [2.24, 2.45) is 0 Å². The molecule has 0 aliphatic heterocycles. The highest BCUT2D eigenvalue weighted by Crippen LogP contribution is 2.24. The molecular weight excluding hydrogens is 320 g/mol. The molecule has 0 spiro atoms. The van der Waals surface area contributed by atoms with Crippen molar-refractivity contribution in [1.82, 2.24) is 0 Å². The van der Waals surface area contributed by atoms with Gasteiger partial charge in [-0.05, 0) is 24.3 Å². The van der Waals surface area contributed by atoms with Crippen molar-refractivity contribution >= 4 is 21.6 Å². The summed E-state index contributed by atoms with van der Waals surface area (Å²) in [6.07, 6.45) is 0. The quantitative estimate of drug-likeness (QED) is 0.779. The molecule has 2 atom stereocenters. The molecular formula is C16H18O4S2. The number of benzene rings is 2. The first-order chi connectivity index (χ1) is 10.7. The zero-order chi connectivity index (χ0) is 15.9. The molecule has 0 aromatic heterocycles. The third-order valence-corrected chi connectivity index (χ3v) is 6.15. The van der Waals surface area contributed by atoms with E-state index in [-0.39, 0.29) is 0 Å². The van der Waals surface area contributed by atoms with E-state index < -0.39 is 21.6 Å². The first-order valence-corrected chi connectivity index (χ1v) is 9.34. The van der Waals surface area contributed by atoms with E-state index in [2.05, 4.69) is 0 Å². The maximum Gasteiger partial charge on any atom is 0.134 e. The number of hydrogen-bond acceptors (Lipinski definition) is 4. The van der Waals surface area contributed by atoms with Crippen molar-refractivity contribution in [2.75, 3.05) is 25.7 Å². The van der Waals surface area contributed by atoms with E-state index in [0.717, 1.165) is 0 Å². The summed E-state index contributed by atoms with van der Waals surface area (Å²) in [5.41, 5.74) is 0. The number of ether oxygens (including phenoxy) is 2. The van der Waals surface area contributed by atoms with Gasteiger partial charge in [0.2, 0.25) is 0 Å². The summed E-state index contributed by atoms with van der Waals surface area (Å²) < 4.78 is 35.2. The van der Waals surface area contributed by atoms with Crippen molar-refractivity contribution in [3.05, 3.63) is 48.5 Å². The van der Waals surface area contributed by atoms with Crippen molar-refractivity contribution in [3.63, 3.8) is 0 Å². The lowest BCUT2D eigenvalue weighted by molar-refractivity contribution is 0.403. The molecule has 0 saturated carbocycles. The number of rotatable bonds is 7. The molecule has 118 valence electrons. The van der Waals surface area contributed by atoms with Crippen molar-refractivity contribution in [2.45, 2.75) is 9.79 Å². The average molecular weight is 338 g/mol. The fourth-order valence-electron chi connectivity index (χ4n) is 1.99. The number of hydrogen-bond donors (Lipinski definition) is 0. The topological polar surface area (TPSA) is 52.6 Å². The predicted molar refractivity (Wildman–Crippen MR) is 88.5 cm³/mol. The van der Waals surface area contributed by atoms with E-state index >= 15 is 0 Å². The summed E-state index contributed by atoms with van der Waals surface area (Å²) in [6.45, 7) is 0. The fraction of sp³-hybridized carbons (Fsp3) is 0.250. The zero-order valence-corrected chi connectivity index (χ0v) is 14.1. The van der Waals surface area contributed by atoms with E-state index in [1.165, 1.54) is 0 Å². The molecule has 0 aliphatic carbocycles. The second-order valence-electron chi connectivity index (χ2n) is 4.40. The number of methoxy groups -OCH3 is 2. The van der Waals surface area contributed by atoms with Crippen LogP contribution in [0.2, 0.25) is 0 Å². The Morgan fingerprint density at radius 2 is 1.09 bits per heavy atom. The van der Waals surface area contributed by atoms with Crippen LogP contribution in [0.3, 0.4) is 0 Å². The van der Waals surface area contributed by atoms with E-state index in [4.69, 9.17) is 9.47 Å². The van der Waals surface area contributed by atoms with Gasteiger partial charge in [0.15, 0.2) is 0 Å². The minimum atomic E-state index is -1.26. The van der Waals surface area contributed by atoms with Crippen LogP contribution in [0.15, 0.2) is 58.3 Å². The highest BCUT2D eigenvalue weighted by atomic mass is 32.2. The van der Waals surface area contributed by atoms with Gasteiger partial charge in [0.25, 0.3) is 0 Å². The van der Waals surface area contributed by atoms with Crippen LogP contribution in [0.1, 0.15) is 0 Å². The molecule has 0 saturated heterocycles. The highest BCUT2D eigenvalue weighted by molar-refractivity contribution is 7.89. The first-order valence-electron chi connectivity index (χ1n) is 6.70. The molecule has 0 amide bonds. The molecule has 2 rings (SSSR count). The lowest BCUT2D eigenvalue weighted by Gasteiger charge is -2.09. The molecule has 0 bridgehead atoms. The Labute approximate surface area is 135 Å². The third kappa shape index (κ3) is 3.96. The molecule has 0 unspecified atom stereocenters. The first kappa shape index (κ1) is 16.7. The summed E-state index contributed by atoms with van der Waals surface area (Å²) in [5, 5.41) is 0. The lowest BCUT2D eigenvalue weighted by Crippen LogP contribution is -2.10. The average Bonchev–Trinajstić information content (AvgIpc) is 2.59. The Bertz CT molecular complexity index is 626. The molecule has 0 radical (unpaired) electrons. The fourth-order valence-corrected chi connectivity index (χ4v) is 4.85. The Morgan fingerprint density at radius 3 is 1.45 bits per heavy atom. The van der Waals surface area contributed by atoms with E-state index in [9.17, 15) is 8.42 Å². The van der Waals surface area contributed by atoms with Crippen molar-refractivity contribution < 1.29 is 17.9 Å². The Morgan fingerprint density at radius 1 is 0.727 bits per heavy atom. The minimum absolute atomic E-state index is 0.297. The molecule has 0 fully saturated rings. The van der Waals surface area contributed by atoms with Crippen molar-refractivity contribution in [1.29, 1.82) is 0 Å². The Balaban J connectivity index is 2.06. The molecule has 4 nitrogen and oxygen atoms in total. The normalized spacial score (nSPS) is 13.4. The largest absolute Gasteiger partial charge is 0.495 e. The monoisotopic (exact) mass is 338 g/mol. The molecule has 0 N–H and O–H groups in total. The Hall–Kier alpha value is -1.66. The molecule has 6 heteroatoms. The van der Waals surface area contributed by atoms with Gasteiger partial charge in [0.05, 0.1) is 45.6 Å². The lowest BCUT2D eigenvalue weighted by atomic mass is 10.3. The predicted octanol–water partition coefficient (Wildman–Crippen LogP) is 2.62. The van der Waals surface area contributed by atoms with E-state index in [0.29, 0.717) is 32.8 Å². The summed E-state index contributed by atoms with van der Waals surface area (Å²) in [7, 11) is 0.576. The zero-order valence-electron chi connectivity index (χ0n) is 12.5. The number of para-hydroxylation sites is 2. The van der Waals surface area contributed by atoms with Crippen LogP contribution < -0.4 is 9.47 Å². The molecule has 0 heterocycles. The third-order valence-electron chi connectivity index (χ3n) is 3.08. The van der Waals surface area contributed by atoms with E-state index in [1.807, 2.05) is 24.3 Å².